The highest BCUT2D eigenvalue weighted by molar-refractivity contribution is 5.93. The van der Waals surface area contributed by atoms with E-state index in [1.54, 1.807) is 23.1 Å². The Balaban J connectivity index is 1.74. The van der Waals surface area contributed by atoms with Crippen LogP contribution in [0.5, 0.6) is 5.88 Å². The second-order valence-electron chi connectivity index (χ2n) is 6.68. The molecule has 0 radical (unpaired) electrons. The van der Waals surface area contributed by atoms with Crippen LogP contribution in [0.1, 0.15) is 37.2 Å². The standard InChI is InChI=1S/C17H22N2O4/c1-10(2)23-15-5-3-4-14(18-15)16(20)19-8-12(11-6-7-11)13(9-19)17(21)22/h3-5,10-13H,6-9H2,1-2H3,(H,21,22)/t12-,13+/m1/s1. The predicted molar refractivity (Wildman–Crippen MR) is 83.2 cm³/mol. The third kappa shape index (κ3) is 3.46. The van der Waals surface area contributed by atoms with E-state index >= 15 is 0 Å². The predicted octanol–water partition coefficient (Wildman–Crippen LogP) is 2.05. The van der Waals surface area contributed by atoms with Crippen LogP contribution in [0, 0.1) is 17.8 Å². The minimum atomic E-state index is -0.804. The normalized spacial score (nSPS) is 24.0. The maximum Gasteiger partial charge on any atom is 0.308 e. The number of aromatic nitrogens is 1. The molecule has 1 amide bonds. The number of likely N-dealkylation sites (tertiary alicyclic amines) is 1. The molecule has 1 saturated heterocycles. The highest BCUT2D eigenvalue weighted by Gasteiger charge is 2.47. The fourth-order valence-electron chi connectivity index (χ4n) is 3.26. The largest absolute Gasteiger partial charge is 0.481 e. The van der Waals surface area contributed by atoms with Gasteiger partial charge in [-0.05, 0) is 44.6 Å². The Labute approximate surface area is 135 Å². The zero-order chi connectivity index (χ0) is 16.6. The van der Waals surface area contributed by atoms with E-state index in [4.69, 9.17) is 4.74 Å². The van der Waals surface area contributed by atoms with Gasteiger partial charge in [0.25, 0.3) is 5.91 Å². The van der Waals surface area contributed by atoms with Crippen LogP contribution in [0.4, 0.5) is 0 Å². The van der Waals surface area contributed by atoms with Crippen LogP contribution in [0.15, 0.2) is 18.2 Å². The third-order valence-electron chi connectivity index (χ3n) is 4.50. The molecule has 0 unspecified atom stereocenters. The van der Waals surface area contributed by atoms with Gasteiger partial charge in [0.05, 0.1) is 12.0 Å². The zero-order valence-electron chi connectivity index (χ0n) is 13.4. The maximum absolute atomic E-state index is 12.7. The summed E-state index contributed by atoms with van der Waals surface area (Å²) in [5.41, 5.74) is 0.309. The van der Waals surface area contributed by atoms with E-state index in [1.807, 2.05) is 13.8 Å². The van der Waals surface area contributed by atoms with Gasteiger partial charge < -0.3 is 14.7 Å². The summed E-state index contributed by atoms with van der Waals surface area (Å²) >= 11 is 0. The lowest BCUT2D eigenvalue weighted by Gasteiger charge is -2.16. The number of hydrogen-bond acceptors (Lipinski definition) is 4. The van der Waals surface area contributed by atoms with Gasteiger partial charge in [0, 0.05) is 19.2 Å². The van der Waals surface area contributed by atoms with Crippen molar-refractivity contribution in [2.75, 3.05) is 13.1 Å². The van der Waals surface area contributed by atoms with Crippen LogP contribution in [-0.2, 0) is 4.79 Å². The molecule has 1 aliphatic heterocycles. The fourth-order valence-corrected chi connectivity index (χ4v) is 3.26. The fraction of sp³-hybridized carbons (Fsp3) is 0.588. The Hall–Kier alpha value is -2.11. The van der Waals surface area contributed by atoms with E-state index < -0.39 is 11.9 Å². The molecule has 23 heavy (non-hydrogen) atoms. The molecule has 124 valence electrons. The van der Waals surface area contributed by atoms with Gasteiger partial charge in [0.1, 0.15) is 5.69 Å². The van der Waals surface area contributed by atoms with Gasteiger partial charge in [-0.15, -0.1) is 0 Å². The second-order valence-corrected chi connectivity index (χ2v) is 6.68. The molecule has 2 aliphatic rings. The molecule has 2 heterocycles. The quantitative estimate of drug-likeness (QED) is 0.899. The van der Waals surface area contributed by atoms with Crippen LogP contribution in [-0.4, -0.2) is 46.1 Å². The van der Waals surface area contributed by atoms with Crippen molar-refractivity contribution >= 4 is 11.9 Å². The Morgan fingerprint density at radius 1 is 1.30 bits per heavy atom. The van der Waals surface area contributed by atoms with Gasteiger partial charge in [0.15, 0.2) is 0 Å². The summed E-state index contributed by atoms with van der Waals surface area (Å²) in [5.74, 6) is -0.528. The van der Waals surface area contributed by atoms with Crippen LogP contribution in [0.25, 0.3) is 0 Å². The van der Waals surface area contributed by atoms with E-state index in [1.165, 1.54) is 0 Å². The molecule has 6 nitrogen and oxygen atoms in total. The van der Waals surface area contributed by atoms with Crippen LogP contribution < -0.4 is 4.74 Å². The number of hydrogen-bond donors (Lipinski definition) is 1. The Morgan fingerprint density at radius 2 is 2.04 bits per heavy atom. The molecule has 2 fully saturated rings. The van der Waals surface area contributed by atoms with Crippen molar-refractivity contribution in [1.82, 2.24) is 9.88 Å². The summed E-state index contributed by atoms with van der Waals surface area (Å²) in [6.07, 6.45) is 2.13. The number of carboxylic acids is 1. The second kappa shape index (κ2) is 6.18. The smallest absolute Gasteiger partial charge is 0.308 e. The lowest BCUT2D eigenvalue weighted by molar-refractivity contribution is -0.142. The maximum atomic E-state index is 12.7. The number of aliphatic carboxylic acids is 1. The van der Waals surface area contributed by atoms with Crippen molar-refractivity contribution in [2.24, 2.45) is 17.8 Å². The van der Waals surface area contributed by atoms with Crippen molar-refractivity contribution < 1.29 is 19.4 Å². The molecule has 1 aliphatic carbocycles. The van der Waals surface area contributed by atoms with E-state index in [0.29, 0.717) is 24.0 Å². The Bertz CT molecular complexity index is 612. The molecule has 1 N–H and O–H groups in total. The molecule has 2 atom stereocenters. The first-order valence-corrected chi connectivity index (χ1v) is 8.11. The molecule has 0 aromatic carbocycles. The Morgan fingerprint density at radius 3 is 2.65 bits per heavy atom. The average molecular weight is 318 g/mol. The third-order valence-corrected chi connectivity index (χ3v) is 4.50. The topological polar surface area (TPSA) is 79.7 Å². The van der Waals surface area contributed by atoms with Gasteiger partial charge >= 0.3 is 5.97 Å². The zero-order valence-corrected chi connectivity index (χ0v) is 13.4. The molecule has 1 aromatic rings. The monoisotopic (exact) mass is 318 g/mol. The lowest BCUT2D eigenvalue weighted by atomic mass is 9.92. The lowest BCUT2D eigenvalue weighted by Crippen LogP contribution is -2.30. The van der Waals surface area contributed by atoms with Crippen molar-refractivity contribution in [3.63, 3.8) is 0 Å². The van der Waals surface area contributed by atoms with Gasteiger partial charge in [0.2, 0.25) is 5.88 Å². The molecule has 3 rings (SSSR count). The number of rotatable bonds is 5. The van der Waals surface area contributed by atoms with E-state index in [-0.39, 0.29) is 24.5 Å². The van der Waals surface area contributed by atoms with Gasteiger partial charge in [-0.3, -0.25) is 9.59 Å². The first-order valence-electron chi connectivity index (χ1n) is 8.11. The van der Waals surface area contributed by atoms with Crippen molar-refractivity contribution in [3.05, 3.63) is 23.9 Å². The average Bonchev–Trinajstić information content (AvgIpc) is 3.24. The first-order chi connectivity index (χ1) is 11.0. The summed E-state index contributed by atoms with van der Waals surface area (Å²) in [5, 5.41) is 9.40. The molecule has 1 saturated carbocycles. The number of amides is 1. The summed E-state index contributed by atoms with van der Waals surface area (Å²) in [4.78, 5) is 30.0. The minimum Gasteiger partial charge on any atom is -0.481 e. The molecule has 6 heteroatoms. The minimum absolute atomic E-state index is 0.0183. The SMILES string of the molecule is CC(C)Oc1cccc(C(=O)N2C[C@H](C(=O)O)[C@@H](C3CC3)C2)n1. The van der Waals surface area contributed by atoms with Crippen LogP contribution in [0.3, 0.4) is 0 Å². The van der Waals surface area contributed by atoms with Crippen molar-refractivity contribution in [2.45, 2.75) is 32.8 Å². The number of carbonyl (C=O) groups is 2. The number of pyridine rings is 1. The summed E-state index contributed by atoms with van der Waals surface area (Å²) < 4.78 is 5.52. The van der Waals surface area contributed by atoms with Crippen LogP contribution in [0.2, 0.25) is 0 Å². The summed E-state index contributed by atoms with van der Waals surface area (Å²) in [6.45, 7) is 4.58. The van der Waals surface area contributed by atoms with E-state index in [9.17, 15) is 14.7 Å². The number of carboxylic acid groups (broad SMARTS) is 1. The van der Waals surface area contributed by atoms with Gasteiger partial charge in [-0.25, -0.2) is 4.98 Å². The molecule has 1 aromatic heterocycles. The van der Waals surface area contributed by atoms with Gasteiger partial charge in [-0.1, -0.05) is 6.07 Å². The highest BCUT2D eigenvalue weighted by Crippen LogP contribution is 2.44. The molecular weight excluding hydrogens is 296 g/mol. The van der Waals surface area contributed by atoms with E-state index in [0.717, 1.165) is 12.8 Å². The van der Waals surface area contributed by atoms with Crippen LogP contribution >= 0.6 is 0 Å². The highest BCUT2D eigenvalue weighted by atomic mass is 16.5. The van der Waals surface area contributed by atoms with Crippen molar-refractivity contribution in [3.8, 4) is 5.88 Å². The Kier molecular flexibility index (Phi) is 4.24. The summed E-state index contributed by atoms with van der Waals surface area (Å²) in [7, 11) is 0. The number of ether oxygens (including phenoxy) is 1. The van der Waals surface area contributed by atoms with Gasteiger partial charge in [-0.2, -0.15) is 0 Å². The number of nitrogens with zero attached hydrogens (tertiary/aromatic N) is 2. The van der Waals surface area contributed by atoms with E-state index in [2.05, 4.69) is 4.98 Å². The summed E-state index contributed by atoms with van der Waals surface area (Å²) in [6, 6.07) is 5.10. The first kappa shape index (κ1) is 15.8. The molecule has 0 bridgehead atoms. The van der Waals surface area contributed by atoms with Crippen molar-refractivity contribution in [1.29, 1.82) is 0 Å². The molecule has 0 spiro atoms. The number of carbonyl (C=O) groups excluding carboxylic acids is 1. The molecular formula is C17H22N2O4.